The summed E-state index contributed by atoms with van der Waals surface area (Å²) in [5, 5.41) is 3.27. The number of ether oxygens (including phenoxy) is 2. The van der Waals surface area contributed by atoms with Gasteiger partial charge in [-0.05, 0) is 49.6 Å². The van der Waals surface area contributed by atoms with Crippen LogP contribution in [0.4, 0.5) is 0 Å². The summed E-state index contributed by atoms with van der Waals surface area (Å²) in [4.78, 5) is 33.9. The molecule has 3 heterocycles. The van der Waals surface area contributed by atoms with Crippen LogP contribution in [0.2, 0.25) is 0 Å². The van der Waals surface area contributed by atoms with Crippen molar-refractivity contribution in [2.45, 2.75) is 63.7 Å². The molecule has 34 heavy (non-hydrogen) atoms. The second-order valence-electron chi connectivity index (χ2n) is 9.67. The van der Waals surface area contributed by atoms with Gasteiger partial charge in [-0.1, -0.05) is 37.5 Å². The van der Waals surface area contributed by atoms with Crippen molar-refractivity contribution in [2.24, 2.45) is 0 Å². The van der Waals surface area contributed by atoms with Gasteiger partial charge in [0.2, 0.25) is 12.7 Å². The van der Waals surface area contributed by atoms with Crippen LogP contribution in [0.3, 0.4) is 0 Å². The maximum atomic E-state index is 13.8. The molecule has 1 aliphatic carbocycles. The summed E-state index contributed by atoms with van der Waals surface area (Å²) in [5.41, 5.74) is 1.43. The van der Waals surface area contributed by atoms with Crippen molar-refractivity contribution in [3.05, 3.63) is 53.9 Å². The molecule has 0 unspecified atom stereocenters. The Morgan fingerprint density at radius 3 is 2.76 bits per heavy atom. The SMILES string of the molecule is C[C@@]1(C(=O)NC2CCCCC2)Cn2c(nc3ccccc32)C(=O)N1Cc1ccc2c(c1)OCO2. The number of hydrogen-bond donors (Lipinski definition) is 1. The van der Waals surface area contributed by atoms with Crippen LogP contribution >= 0.6 is 0 Å². The summed E-state index contributed by atoms with van der Waals surface area (Å²) < 4.78 is 12.9. The fourth-order valence-electron chi connectivity index (χ4n) is 5.39. The molecular weight excluding hydrogens is 432 g/mol. The molecule has 3 aliphatic rings. The van der Waals surface area contributed by atoms with E-state index >= 15 is 0 Å². The molecule has 1 atom stereocenters. The van der Waals surface area contributed by atoms with Crippen molar-refractivity contribution in [1.82, 2.24) is 19.8 Å². The van der Waals surface area contributed by atoms with Crippen LogP contribution in [0.1, 0.15) is 55.2 Å². The Bertz CT molecular complexity index is 1280. The van der Waals surface area contributed by atoms with Gasteiger partial charge in [0.25, 0.3) is 5.91 Å². The smallest absolute Gasteiger partial charge is 0.291 e. The van der Waals surface area contributed by atoms with E-state index < -0.39 is 5.54 Å². The zero-order chi connectivity index (χ0) is 23.3. The minimum Gasteiger partial charge on any atom is -0.454 e. The van der Waals surface area contributed by atoms with Crippen molar-refractivity contribution < 1.29 is 19.1 Å². The molecule has 1 aromatic heterocycles. The first-order valence-corrected chi connectivity index (χ1v) is 12.0. The molecule has 8 heteroatoms. The monoisotopic (exact) mass is 460 g/mol. The third kappa shape index (κ3) is 3.40. The molecule has 1 fully saturated rings. The summed E-state index contributed by atoms with van der Waals surface area (Å²) in [6.07, 6.45) is 5.42. The third-order valence-electron chi connectivity index (χ3n) is 7.36. The zero-order valence-electron chi connectivity index (χ0n) is 19.3. The summed E-state index contributed by atoms with van der Waals surface area (Å²) in [6, 6.07) is 13.5. The standard InChI is InChI=1S/C26H28N4O4/c1-26(25(32)27-18-7-3-2-4-8-18)15-29-20-10-6-5-9-19(20)28-23(29)24(31)30(26)14-17-11-12-21-22(13-17)34-16-33-21/h5-6,9-13,18H,2-4,7-8,14-16H2,1H3,(H,27,32)/t26-/m0/s1. The molecule has 6 rings (SSSR count). The molecule has 1 N–H and O–H groups in total. The van der Waals surface area contributed by atoms with E-state index in [0.717, 1.165) is 42.3 Å². The van der Waals surface area contributed by atoms with Crippen LogP contribution in [0.25, 0.3) is 11.0 Å². The van der Waals surface area contributed by atoms with Gasteiger partial charge in [-0.25, -0.2) is 4.98 Å². The van der Waals surface area contributed by atoms with Gasteiger partial charge in [0.05, 0.1) is 17.6 Å². The Labute approximate surface area is 197 Å². The van der Waals surface area contributed by atoms with Gasteiger partial charge in [-0.3, -0.25) is 9.59 Å². The highest BCUT2D eigenvalue weighted by Gasteiger charge is 2.49. The number of nitrogens with zero attached hydrogens (tertiary/aromatic N) is 3. The van der Waals surface area contributed by atoms with Crippen molar-refractivity contribution in [1.29, 1.82) is 0 Å². The minimum atomic E-state index is -1.07. The molecule has 2 amide bonds. The Hall–Kier alpha value is -3.55. The highest BCUT2D eigenvalue weighted by molar-refractivity contribution is 6.01. The predicted octanol–water partition coefficient (Wildman–Crippen LogP) is 3.63. The normalized spacial score (nSPS) is 22.1. The molecule has 0 spiro atoms. The lowest BCUT2D eigenvalue weighted by atomic mass is 9.91. The maximum Gasteiger partial charge on any atom is 0.291 e. The number of nitrogens with one attached hydrogen (secondary N) is 1. The van der Waals surface area contributed by atoms with Gasteiger partial charge < -0.3 is 24.3 Å². The molecule has 0 saturated heterocycles. The first-order valence-electron chi connectivity index (χ1n) is 12.0. The second-order valence-corrected chi connectivity index (χ2v) is 9.67. The number of imidazole rings is 1. The van der Waals surface area contributed by atoms with Crippen LogP contribution in [-0.4, -0.2) is 44.6 Å². The Morgan fingerprint density at radius 2 is 1.91 bits per heavy atom. The van der Waals surface area contributed by atoms with Crippen molar-refractivity contribution in [3.63, 3.8) is 0 Å². The Balaban J connectivity index is 1.39. The third-order valence-corrected chi connectivity index (χ3v) is 7.36. The van der Waals surface area contributed by atoms with E-state index in [-0.39, 0.29) is 31.2 Å². The van der Waals surface area contributed by atoms with Crippen LogP contribution in [-0.2, 0) is 17.9 Å². The highest BCUT2D eigenvalue weighted by atomic mass is 16.7. The van der Waals surface area contributed by atoms with Crippen molar-refractivity contribution in [3.8, 4) is 11.5 Å². The summed E-state index contributed by atoms with van der Waals surface area (Å²) in [5.74, 6) is 1.35. The lowest BCUT2D eigenvalue weighted by Crippen LogP contribution is -2.64. The van der Waals surface area contributed by atoms with Gasteiger partial charge in [0.1, 0.15) is 5.54 Å². The zero-order valence-corrected chi connectivity index (χ0v) is 19.3. The van der Waals surface area contributed by atoms with Crippen LogP contribution in [0.5, 0.6) is 11.5 Å². The predicted molar refractivity (Wildman–Crippen MR) is 126 cm³/mol. The highest BCUT2D eigenvalue weighted by Crippen LogP contribution is 2.36. The second kappa shape index (κ2) is 8.04. The van der Waals surface area contributed by atoms with Gasteiger partial charge in [-0.2, -0.15) is 0 Å². The van der Waals surface area contributed by atoms with E-state index in [9.17, 15) is 9.59 Å². The topological polar surface area (TPSA) is 85.7 Å². The van der Waals surface area contributed by atoms with Gasteiger partial charge in [-0.15, -0.1) is 0 Å². The van der Waals surface area contributed by atoms with E-state index in [2.05, 4.69) is 10.3 Å². The van der Waals surface area contributed by atoms with E-state index in [1.54, 1.807) is 4.90 Å². The lowest BCUT2D eigenvalue weighted by Gasteiger charge is -2.44. The van der Waals surface area contributed by atoms with Crippen molar-refractivity contribution in [2.75, 3.05) is 6.79 Å². The molecule has 8 nitrogen and oxygen atoms in total. The number of fused-ring (bicyclic) bond motifs is 4. The van der Waals surface area contributed by atoms with E-state index in [1.165, 1.54) is 6.42 Å². The fraction of sp³-hybridized carbons (Fsp3) is 0.423. The van der Waals surface area contributed by atoms with Crippen LogP contribution < -0.4 is 14.8 Å². The number of hydrogen-bond acceptors (Lipinski definition) is 5. The number of amides is 2. The minimum absolute atomic E-state index is 0.114. The van der Waals surface area contributed by atoms with Gasteiger partial charge >= 0.3 is 0 Å². The van der Waals surface area contributed by atoms with E-state index in [1.807, 2.05) is 54.0 Å². The lowest BCUT2D eigenvalue weighted by molar-refractivity contribution is -0.134. The van der Waals surface area contributed by atoms with Crippen LogP contribution in [0, 0.1) is 0 Å². The Kier molecular flexibility index (Phi) is 4.97. The number of carbonyl (C=O) groups excluding carboxylic acids is 2. The van der Waals surface area contributed by atoms with E-state index in [4.69, 9.17) is 9.47 Å². The number of carbonyl (C=O) groups is 2. The van der Waals surface area contributed by atoms with E-state index in [0.29, 0.717) is 23.9 Å². The fourth-order valence-corrected chi connectivity index (χ4v) is 5.39. The average molecular weight is 461 g/mol. The average Bonchev–Trinajstić information content (AvgIpc) is 3.47. The molecule has 0 radical (unpaired) electrons. The largest absolute Gasteiger partial charge is 0.454 e. The molecule has 2 aliphatic heterocycles. The first-order chi connectivity index (χ1) is 16.5. The quantitative estimate of drug-likeness (QED) is 0.643. The van der Waals surface area contributed by atoms with Gasteiger partial charge in [0, 0.05) is 12.6 Å². The van der Waals surface area contributed by atoms with Crippen molar-refractivity contribution >= 4 is 22.8 Å². The van der Waals surface area contributed by atoms with Crippen LogP contribution in [0.15, 0.2) is 42.5 Å². The summed E-state index contributed by atoms with van der Waals surface area (Å²) in [7, 11) is 0. The summed E-state index contributed by atoms with van der Waals surface area (Å²) in [6.45, 7) is 2.67. The number of aromatic nitrogens is 2. The summed E-state index contributed by atoms with van der Waals surface area (Å²) >= 11 is 0. The number of para-hydroxylation sites is 2. The molecule has 0 bridgehead atoms. The molecular formula is C26H28N4O4. The van der Waals surface area contributed by atoms with Gasteiger partial charge in [0.15, 0.2) is 17.3 Å². The molecule has 176 valence electrons. The molecule has 3 aromatic rings. The maximum absolute atomic E-state index is 13.8. The number of rotatable bonds is 4. The first kappa shape index (κ1) is 21.0. The number of benzene rings is 2. The molecule has 2 aromatic carbocycles. The molecule has 1 saturated carbocycles. The Morgan fingerprint density at radius 1 is 1.12 bits per heavy atom.